The van der Waals surface area contributed by atoms with Crippen LogP contribution in [0.5, 0.6) is 0 Å². The van der Waals surface area contributed by atoms with E-state index in [1.807, 2.05) is 6.92 Å². The second-order valence-electron chi connectivity index (χ2n) is 1.66. The van der Waals surface area contributed by atoms with Gasteiger partial charge in [-0.15, -0.1) is 5.16 Å². The fourth-order valence-corrected chi connectivity index (χ4v) is 0.391. The van der Waals surface area contributed by atoms with Crippen LogP contribution >= 0.6 is 31.9 Å². The van der Waals surface area contributed by atoms with Gasteiger partial charge in [-0.2, -0.15) is 0 Å². The fourth-order valence-electron chi connectivity index (χ4n) is 0.155. The van der Waals surface area contributed by atoms with Crippen LogP contribution in [0.15, 0.2) is 5.16 Å². The zero-order valence-corrected chi connectivity index (χ0v) is 7.61. The van der Waals surface area contributed by atoms with Gasteiger partial charge in [-0.05, 0) is 6.92 Å². The normalized spacial score (nSPS) is 18.9. The Morgan fingerprint density at radius 2 is 2.38 bits per heavy atom. The molecule has 0 saturated carbocycles. The number of nitrogens with zero attached hydrogens (tertiary/aromatic N) is 1. The number of oxime groups is 1. The molecule has 4 heteroatoms. The summed E-state index contributed by atoms with van der Waals surface area (Å²) in [4.78, 5) is 0. The molecule has 1 atom stereocenters. The Balaban J connectivity index is 3.71. The standard InChI is InChI=1S/C4H7Br2NO/c1-4(6,2-5)3-7-8/h3,8H,2H2,1H3/b7-3+. The molecule has 1 N–H and O–H groups in total. The van der Waals surface area contributed by atoms with E-state index in [1.54, 1.807) is 0 Å². The van der Waals surface area contributed by atoms with Gasteiger partial charge < -0.3 is 5.21 Å². The van der Waals surface area contributed by atoms with Gasteiger partial charge in [0, 0.05) is 5.33 Å². The van der Waals surface area contributed by atoms with Gasteiger partial charge in [0.2, 0.25) is 0 Å². The first kappa shape index (κ1) is 8.43. The van der Waals surface area contributed by atoms with E-state index >= 15 is 0 Å². The van der Waals surface area contributed by atoms with Crippen molar-refractivity contribution in [3.8, 4) is 0 Å². The van der Waals surface area contributed by atoms with Crippen LogP contribution in [0, 0.1) is 0 Å². The summed E-state index contributed by atoms with van der Waals surface area (Å²) < 4.78 is -0.220. The Labute approximate surface area is 65.2 Å². The van der Waals surface area contributed by atoms with E-state index in [2.05, 4.69) is 37.0 Å². The van der Waals surface area contributed by atoms with E-state index in [0.29, 0.717) is 0 Å². The molecule has 0 spiro atoms. The summed E-state index contributed by atoms with van der Waals surface area (Å²) in [5.74, 6) is 0. The summed E-state index contributed by atoms with van der Waals surface area (Å²) in [7, 11) is 0. The van der Waals surface area contributed by atoms with Gasteiger partial charge in [-0.3, -0.25) is 0 Å². The topological polar surface area (TPSA) is 32.6 Å². The third kappa shape index (κ3) is 3.43. The minimum Gasteiger partial charge on any atom is -0.411 e. The third-order valence-corrected chi connectivity index (χ3v) is 2.99. The first-order valence-electron chi connectivity index (χ1n) is 2.06. The van der Waals surface area contributed by atoms with E-state index in [9.17, 15) is 0 Å². The summed E-state index contributed by atoms with van der Waals surface area (Å²) in [6.45, 7) is 1.89. The van der Waals surface area contributed by atoms with Gasteiger partial charge in [0.05, 0.1) is 10.5 Å². The van der Waals surface area contributed by atoms with Crippen LogP contribution in [-0.2, 0) is 0 Å². The molecule has 48 valence electrons. The summed E-state index contributed by atoms with van der Waals surface area (Å²) in [5, 5.41) is 11.7. The van der Waals surface area contributed by atoms with Gasteiger partial charge >= 0.3 is 0 Å². The second-order valence-corrected chi connectivity index (χ2v) is 4.03. The average Bonchev–Trinajstić information content (AvgIpc) is 1.67. The third-order valence-electron chi connectivity index (χ3n) is 0.588. The summed E-state index contributed by atoms with van der Waals surface area (Å²) in [5.41, 5.74) is 0. The predicted octanol–water partition coefficient (Wildman–Crippen LogP) is 1.99. The second kappa shape index (κ2) is 3.45. The van der Waals surface area contributed by atoms with Crippen molar-refractivity contribution in [2.45, 2.75) is 11.2 Å². The van der Waals surface area contributed by atoms with Crippen molar-refractivity contribution >= 4 is 38.1 Å². The molecule has 0 fully saturated rings. The molecule has 0 radical (unpaired) electrons. The van der Waals surface area contributed by atoms with Crippen molar-refractivity contribution in [3.05, 3.63) is 0 Å². The molecule has 0 aliphatic rings. The van der Waals surface area contributed by atoms with Gasteiger partial charge in [-0.1, -0.05) is 31.9 Å². The molecule has 0 aromatic rings. The maximum Gasteiger partial charge on any atom is 0.0710 e. The minimum atomic E-state index is -0.220. The van der Waals surface area contributed by atoms with E-state index in [-0.39, 0.29) is 4.32 Å². The Bertz CT molecular complexity index is 92.0. The smallest absolute Gasteiger partial charge is 0.0710 e. The van der Waals surface area contributed by atoms with Crippen molar-refractivity contribution in [2.24, 2.45) is 5.16 Å². The lowest BCUT2D eigenvalue weighted by atomic mass is 10.2. The van der Waals surface area contributed by atoms with Gasteiger partial charge in [0.15, 0.2) is 0 Å². The van der Waals surface area contributed by atoms with Crippen LogP contribution in [0.3, 0.4) is 0 Å². The minimum absolute atomic E-state index is 0.220. The van der Waals surface area contributed by atoms with Gasteiger partial charge in [-0.25, -0.2) is 0 Å². The molecule has 0 aromatic carbocycles. The highest BCUT2D eigenvalue weighted by molar-refractivity contribution is 9.12. The molecule has 0 rings (SSSR count). The van der Waals surface area contributed by atoms with Crippen molar-refractivity contribution in [1.82, 2.24) is 0 Å². The molecule has 0 bridgehead atoms. The first-order valence-corrected chi connectivity index (χ1v) is 3.97. The highest BCUT2D eigenvalue weighted by atomic mass is 79.9. The highest BCUT2D eigenvalue weighted by Gasteiger charge is 2.14. The van der Waals surface area contributed by atoms with Crippen molar-refractivity contribution in [1.29, 1.82) is 0 Å². The number of hydrogen-bond donors (Lipinski definition) is 1. The maximum atomic E-state index is 8.05. The summed E-state index contributed by atoms with van der Waals surface area (Å²) in [6.07, 6.45) is 1.42. The van der Waals surface area contributed by atoms with Crippen molar-refractivity contribution in [2.75, 3.05) is 5.33 Å². The molecule has 8 heavy (non-hydrogen) atoms. The van der Waals surface area contributed by atoms with E-state index in [1.165, 1.54) is 6.21 Å². The largest absolute Gasteiger partial charge is 0.411 e. The lowest BCUT2D eigenvalue weighted by molar-refractivity contribution is 0.320. The van der Waals surface area contributed by atoms with Gasteiger partial charge in [0.1, 0.15) is 0 Å². The Morgan fingerprint density at radius 1 is 1.88 bits per heavy atom. The predicted molar refractivity (Wildman–Crippen MR) is 41.4 cm³/mol. The van der Waals surface area contributed by atoms with E-state index < -0.39 is 0 Å². The highest BCUT2D eigenvalue weighted by Crippen LogP contribution is 2.16. The fraction of sp³-hybridized carbons (Fsp3) is 0.750. The van der Waals surface area contributed by atoms with Gasteiger partial charge in [0.25, 0.3) is 0 Å². The lowest BCUT2D eigenvalue weighted by Gasteiger charge is -2.09. The molecular formula is C4H7Br2NO. The molecular weight excluding hydrogens is 238 g/mol. The zero-order valence-electron chi connectivity index (χ0n) is 4.43. The quantitative estimate of drug-likeness (QED) is 0.343. The SMILES string of the molecule is CC(Br)(/C=N/O)CBr. The van der Waals surface area contributed by atoms with Crippen LogP contribution in [0.2, 0.25) is 0 Å². The average molecular weight is 245 g/mol. The van der Waals surface area contributed by atoms with Crippen LogP contribution < -0.4 is 0 Å². The number of alkyl halides is 2. The van der Waals surface area contributed by atoms with Crippen LogP contribution in [0.25, 0.3) is 0 Å². The van der Waals surface area contributed by atoms with Crippen LogP contribution in [0.4, 0.5) is 0 Å². The number of hydrogen-bond acceptors (Lipinski definition) is 2. The first-order chi connectivity index (χ1) is 3.62. The Kier molecular flexibility index (Phi) is 3.64. The molecule has 1 unspecified atom stereocenters. The maximum absolute atomic E-state index is 8.05. The van der Waals surface area contributed by atoms with Crippen molar-refractivity contribution in [3.63, 3.8) is 0 Å². The van der Waals surface area contributed by atoms with Crippen LogP contribution in [0.1, 0.15) is 6.92 Å². The Hall–Kier alpha value is 0.430. The summed E-state index contributed by atoms with van der Waals surface area (Å²) >= 11 is 6.51. The van der Waals surface area contributed by atoms with E-state index in [0.717, 1.165) is 5.33 Å². The molecule has 0 heterocycles. The number of rotatable bonds is 2. The Morgan fingerprint density at radius 3 is 2.50 bits per heavy atom. The van der Waals surface area contributed by atoms with Crippen molar-refractivity contribution < 1.29 is 5.21 Å². The molecule has 0 amide bonds. The molecule has 0 saturated heterocycles. The summed E-state index contributed by atoms with van der Waals surface area (Å²) in [6, 6.07) is 0. The lowest BCUT2D eigenvalue weighted by Crippen LogP contribution is -2.18. The number of halogens is 2. The monoisotopic (exact) mass is 243 g/mol. The molecule has 0 aliphatic carbocycles. The molecule has 2 nitrogen and oxygen atoms in total. The molecule has 0 aromatic heterocycles. The molecule has 0 aliphatic heterocycles. The van der Waals surface area contributed by atoms with Crippen LogP contribution in [-0.4, -0.2) is 21.1 Å². The van der Waals surface area contributed by atoms with E-state index in [4.69, 9.17) is 5.21 Å². The zero-order chi connectivity index (χ0) is 6.62.